The number of aromatic amines is 1. The van der Waals surface area contributed by atoms with Crippen molar-refractivity contribution < 1.29 is 4.79 Å². The first-order valence-electron chi connectivity index (χ1n) is 5.81. The maximum atomic E-state index is 11.8. The molecule has 94 valence electrons. The quantitative estimate of drug-likeness (QED) is 0.692. The molecule has 5 nitrogen and oxygen atoms in total. The van der Waals surface area contributed by atoms with Crippen LogP contribution in [0.5, 0.6) is 0 Å². The number of fused-ring (bicyclic) bond motifs is 1. The Morgan fingerprint density at radius 1 is 1.33 bits per heavy atom. The summed E-state index contributed by atoms with van der Waals surface area (Å²) in [4.78, 5) is 25.1. The summed E-state index contributed by atoms with van der Waals surface area (Å²) in [5, 5.41) is 4.62. The number of primary amides is 1. The lowest BCUT2D eigenvalue weighted by Crippen LogP contribution is -2.14. The molecule has 0 unspecified atom stereocenters. The van der Waals surface area contributed by atoms with Gasteiger partial charge in [0.05, 0.1) is 0 Å². The largest absolute Gasteiger partial charge is 0.372 e. The minimum atomic E-state index is -0.316. The van der Waals surface area contributed by atoms with Crippen LogP contribution < -0.4 is 16.6 Å². The van der Waals surface area contributed by atoms with E-state index in [4.69, 9.17) is 5.73 Å². The molecule has 5 heteroatoms. The van der Waals surface area contributed by atoms with E-state index in [0.717, 1.165) is 5.39 Å². The Kier molecular flexibility index (Phi) is 3.62. The van der Waals surface area contributed by atoms with Gasteiger partial charge in [0.15, 0.2) is 0 Å². The zero-order valence-corrected chi connectivity index (χ0v) is 9.90. The molecule has 2 aromatic rings. The number of carbonyl (C=O) groups is 1. The average molecular weight is 245 g/mol. The van der Waals surface area contributed by atoms with E-state index in [-0.39, 0.29) is 11.5 Å². The second-order valence-corrected chi connectivity index (χ2v) is 4.10. The van der Waals surface area contributed by atoms with Crippen LogP contribution >= 0.6 is 0 Å². The first-order chi connectivity index (χ1) is 8.66. The number of anilines is 1. The number of carbonyl (C=O) groups excluding carboxylic acids is 1. The Morgan fingerprint density at radius 2 is 2.11 bits per heavy atom. The van der Waals surface area contributed by atoms with Crippen LogP contribution in [0.4, 0.5) is 5.82 Å². The minimum absolute atomic E-state index is 0.120. The van der Waals surface area contributed by atoms with Crippen LogP contribution in [0.3, 0.4) is 0 Å². The number of benzene rings is 1. The molecule has 1 aromatic heterocycles. The third-order valence-electron chi connectivity index (χ3n) is 2.67. The van der Waals surface area contributed by atoms with Gasteiger partial charge in [0, 0.05) is 18.4 Å². The van der Waals surface area contributed by atoms with Crippen LogP contribution in [-0.2, 0) is 4.79 Å². The molecule has 1 amide bonds. The van der Waals surface area contributed by atoms with E-state index in [1.165, 1.54) is 0 Å². The van der Waals surface area contributed by atoms with Crippen molar-refractivity contribution in [3.05, 3.63) is 40.7 Å². The standard InChI is InChI=1S/C13H15N3O2/c14-11(17)6-3-7-15-12-8-9-4-1-2-5-10(9)13(18)16-12/h1-2,4-5,8H,3,6-7H2,(H2,14,17)(H2,15,16,18). The average Bonchev–Trinajstić information content (AvgIpc) is 2.35. The maximum Gasteiger partial charge on any atom is 0.257 e. The summed E-state index contributed by atoms with van der Waals surface area (Å²) in [5.41, 5.74) is 4.93. The molecular weight excluding hydrogens is 230 g/mol. The van der Waals surface area contributed by atoms with Crippen LogP contribution in [0.2, 0.25) is 0 Å². The van der Waals surface area contributed by atoms with Gasteiger partial charge in [0.2, 0.25) is 5.91 Å². The molecule has 0 saturated heterocycles. The van der Waals surface area contributed by atoms with Gasteiger partial charge in [-0.05, 0) is 23.9 Å². The molecule has 0 bridgehead atoms. The fourth-order valence-corrected chi connectivity index (χ4v) is 1.79. The molecule has 4 N–H and O–H groups in total. The summed E-state index contributed by atoms with van der Waals surface area (Å²) in [5.74, 6) is 0.340. The summed E-state index contributed by atoms with van der Waals surface area (Å²) in [6, 6.07) is 9.27. The topological polar surface area (TPSA) is 88.0 Å². The fraction of sp³-hybridized carbons (Fsp3) is 0.231. The normalized spacial score (nSPS) is 10.4. The molecular formula is C13H15N3O2. The number of pyridine rings is 1. The molecule has 0 spiro atoms. The van der Waals surface area contributed by atoms with Crippen molar-refractivity contribution in [1.29, 1.82) is 0 Å². The number of aromatic nitrogens is 1. The molecule has 1 aromatic carbocycles. The third kappa shape index (κ3) is 2.88. The number of nitrogens with one attached hydrogen (secondary N) is 2. The minimum Gasteiger partial charge on any atom is -0.372 e. The van der Waals surface area contributed by atoms with Gasteiger partial charge in [-0.3, -0.25) is 9.59 Å². The monoisotopic (exact) mass is 245 g/mol. The lowest BCUT2D eigenvalue weighted by atomic mass is 10.2. The first-order valence-corrected chi connectivity index (χ1v) is 5.81. The van der Waals surface area contributed by atoms with Crippen LogP contribution in [-0.4, -0.2) is 17.4 Å². The molecule has 0 atom stereocenters. The zero-order chi connectivity index (χ0) is 13.0. The van der Waals surface area contributed by atoms with Gasteiger partial charge >= 0.3 is 0 Å². The zero-order valence-electron chi connectivity index (χ0n) is 9.90. The Labute approximate surface area is 104 Å². The van der Waals surface area contributed by atoms with E-state index in [1.54, 1.807) is 6.07 Å². The molecule has 1 heterocycles. The van der Waals surface area contributed by atoms with Crippen molar-refractivity contribution in [3.63, 3.8) is 0 Å². The highest BCUT2D eigenvalue weighted by Gasteiger charge is 2.01. The van der Waals surface area contributed by atoms with Gasteiger partial charge in [-0.25, -0.2) is 0 Å². The lowest BCUT2D eigenvalue weighted by Gasteiger charge is -2.06. The smallest absolute Gasteiger partial charge is 0.257 e. The van der Waals surface area contributed by atoms with E-state index in [1.807, 2.05) is 24.3 Å². The number of nitrogens with two attached hydrogens (primary N) is 1. The van der Waals surface area contributed by atoms with Crippen molar-refractivity contribution in [2.45, 2.75) is 12.8 Å². The van der Waals surface area contributed by atoms with Gasteiger partial charge in [-0.1, -0.05) is 18.2 Å². The molecule has 0 saturated carbocycles. The third-order valence-corrected chi connectivity index (χ3v) is 2.67. The predicted molar refractivity (Wildman–Crippen MR) is 71.5 cm³/mol. The number of amides is 1. The highest BCUT2D eigenvalue weighted by atomic mass is 16.1. The molecule has 18 heavy (non-hydrogen) atoms. The van der Waals surface area contributed by atoms with Crippen LogP contribution in [0.15, 0.2) is 35.1 Å². The molecule has 2 rings (SSSR count). The molecule has 0 fully saturated rings. The maximum absolute atomic E-state index is 11.8. The van der Waals surface area contributed by atoms with Gasteiger partial charge in [-0.15, -0.1) is 0 Å². The summed E-state index contributed by atoms with van der Waals surface area (Å²) in [6.45, 7) is 0.594. The van der Waals surface area contributed by atoms with Gasteiger partial charge in [0.25, 0.3) is 5.56 Å². The first kappa shape index (κ1) is 12.2. The molecule has 0 aliphatic rings. The van der Waals surface area contributed by atoms with Gasteiger partial charge < -0.3 is 16.0 Å². The Balaban J connectivity index is 2.10. The second kappa shape index (κ2) is 5.35. The Hall–Kier alpha value is -2.30. The van der Waals surface area contributed by atoms with Crippen molar-refractivity contribution in [3.8, 4) is 0 Å². The molecule has 0 aliphatic heterocycles. The van der Waals surface area contributed by atoms with E-state index in [2.05, 4.69) is 10.3 Å². The van der Waals surface area contributed by atoms with Crippen LogP contribution in [0.1, 0.15) is 12.8 Å². The molecule has 0 aliphatic carbocycles. The summed E-state index contributed by atoms with van der Waals surface area (Å²) in [7, 11) is 0. The highest BCUT2D eigenvalue weighted by Crippen LogP contribution is 2.12. The van der Waals surface area contributed by atoms with Crippen molar-refractivity contribution >= 4 is 22.5 Å². The Morgan fingerprint density at radius 3 is 2.89 bits per heavy atom. The van der Waals surface area contributed by atoms with Crippen LogP contribution in [0, 0.1) is 0 Å². The Bertz CT molecular complexity index is 619. The number of rotatable bonds is 5. The predicted octanol–water partition coefficient (Wildman–Crippen LogP) is 1.21. The summed E-state index contributed by atoms with van der Waals surface area (Å²) < 4.78 is 0. The molecule has 0 radical (unpaired) electrons. The second-order valence-electron chi connectivity index (χ2n) is 4.10. The van der Waals surface area contributed by atoms with Crippen molar-refractivity contribution in [1.82, 2.24) is 4.98 Å². The van der Waals surface area contributed by atoms with Crippen molar-refractivity contribution in [2.75, 3.05) is 11.9 Å². The fourth-order valence-electron chi connectivity index (χ4n) is 1.79. The number of hydrogen-bond acceptors (Lipinski definition) is 3. The van der Waals surface area contributed by atoms with E-state index < -0.39 is 0 Å². The van der Waals surface area contributed by atoms with Crippen LogP contribution in [0.25, 0.3) is 10.8 Å². The van der Waals surface area contributed by atoms with E-state index in [0.29, 0.717) is 30.6 Å². The lowest BCUT2D eigenvalue weighted by molar-refractivity contribution is -0.118. The van der Waals surface area contributed by atoms with Crippen molar-refractivity contribution in [2.24, 2.45) is 5.73 Å². The summed E-state index contributed by atoms with van der Waals surface area (Å²) >= 11 is 0. The number of H-pyrrole nitrogens is 1. The van der Waals surface area contributed by atoms with E-state index >= 15 is 0 Å². The number of hydrogen-bond donors (Lipinski definition) is 3. The van der Waals surface area contributed by atoms with Gasteiger partial charge in [0.1, 0.15) is 5.82 Å². The van der Waals surface area contributed by atoms with Gasteiger partial charge in [-0.2, -0.15) is 0 Å². The SMILES string of the molecule is NC(=O)CCCNc1cc2ccccc2c(=O)[nH]1. The van der Waals surface area contributed by atoms with E-state index in [9.17, 15) is 9.59 Å². The summed E-state index contributed by atoms with van der Waals surface area (Å²) in [6.07, 6.45) is 0.981. The highest BCUT2D eigenvalue weighted by molar-refractivity contribution is 5.83.